The monoisotopic (exact) mass is 407 g/mol. The maximum absolute atomic E-state index is 13.7. The minimum Gasteiger partial charge on any atom is -0.496 e. The van der Waals surface area contributed by atoms with Gasteiger partial charge < -0.3 is 19.9 Å². The second kappa shape index (κ2) is 8.78. The van der Waals surface area contributed by atoms with E-state index in [-0.39, 0.29) is 23.9 Å². The van der Waals surface area contributed by atoms with Crippen LogP contribution in [0.3, 0.4) is 0 Å². The fourth-order valence-corrected chi connectivity index (χ4v) is 3.97. The van der Waals surface area contributed by atoms with E-state index < -0.39 is 5.79 Å². The molecule has 1 unspecified atom stereocenters. The second-order valence-electron chi connectivity index (χ2n) is 7.69. The molecule has 4 nitrogen and oxygen atoms in total. The lowest BCUT2D eigenvalue weighted by Crippen LogP contribution is -2.32. The summed E-state index contributed by atoms with van der Waals surface area (Å²) < 4.78 is 31.0. The highest BCUT2D eigenvalue weighted by Crippen LogP contribution is 2.39. The summed E-state index contributed by atoms with van der Waals surface area (Å²) in [5.74, 6) is -0.598. The number of methoxy groups -OCH3 is 1. The molecule has 0 bridgehead atoms. The highest BCUT2D eigenvalue weighted by atomic mass is 35.5. The Bertz CT molecular complexity index is 814. The highest BCUT2D eigenvalue weighted by Gasteiger charge is 2.39. The normalized spacial score (nSPS) is 20.7. The molecule has 3 rings (SSSR count). The van der Waals surface area contributed by atoms with Crippen LogP contribution in [-0.2, 0) is 15.9 Å². The fourth-order valence-electron chi connectivity index (χ4n) is 3.76. The maximum Gasteiger partial charge on any atom is 0.163 e. The van der Waals surface area contributed by atoms with Crippen molar-refractivity contribution in [3.63, 3.8) is 0 Å². The number of hydrogen-bond donors (Lipinski definition) is 1. The molecule has 0 spiro atoms. The summed E-state index contributed by atoms with van der Waals surface area (Å²) in [6, 6.07) is 12.1. The molecule has 0 aliphatic carbocycles. The average Bonchev–Trinajstić information content (AvgIpc) is 2.99. The lowest BCUT2D eigenvalue weighted by Gasteiger charge is -2.28. The maximum atomic E-state index is 13.7. The van der Waals surface area contributed by atoms with E-state index in [1.165, 1.54) is 19.2 Å². The van der Waals surface area contributed by atoms with Crippen molar-refractivity contribution >= 4 is 11.6 Å². The van der Waals surface area contributed by atoms with Gasteiger partial charge in [0.25, 0.3) is 0 Å². The molecule has 2 aromatic rings. The molecule has 0 saturated carbocycles. The Balaban J connectivity index is 1.84. The van der Waals surface area contributed by atoms with Crippen LogP contribution in [0.5, 0.6) is 5.75 Å². The standard InChI is InChI=1S/C22H27ClFNO3/c1-22(2)27-13-21(28-22)19(18-8-7-16(24)11-20(18)26-3)12-17(25)10-14-5-4-6-15(23)9-14/h4-9,11,17,19,21H,10,12-13,25H2,1-3H3/t17?,19-,21+/m1/s1. The molecule has 2 aromatic carbocycles. The van der Waals surface area contributed by atoms with Crippen LogP contribution in [0.1, 0.15) is 37.3 Å². The van der Waals surface area contributed by atoms with Gasteiger partial charge in [-0.05, 0) is 50.5 Å². The molecule has 6 heteroatoms. The molecule has 0 amide bonds. The van der Waals surface area contributed by atoms with Crippen molar-refractivity contribution in [2.75, 3.05) is 13.7 Å². The average molecular weight is 408 g/mol. The van der Waals surface area contributed by atoms with Crippen molar-refractivity contribution in [3.05, 3.63) is 64.4 Å². The molecule has 2 N–H and O–H groups in total. The molecule has 1 saturated heterocycles. The molecule has 1 aliphatic heterocycles. The minimum atomic E-state index is -0.659. The third-order valence-corrected chi connectivity index (χ3v) is 5.25. The van der Waals surface area contributed by atoms with Gasteiger partial charge in [0.05, 0.1) is 19.8 Å². The second-order valence-corrected chi connectivity index (χ2v) is 8.13. The lowest BCUT2D eigenvalue weighted by molar-refractivity contribution is -0.141. The zero-order valence-electron chi connectivity index (χ0n) is 16.5. The van der Waals surface area contributed by atoms with Gasteiger partial charge in [-0.2, -0.15) is 0 Å². The number of ether oxygens (including phenoxy) is 3. The molecule has 152 valence electrons. The Kier molecular flexibility index (Phi) is 6.61. The Labute approximate surface area is 170 Å². The number of benzene rings is 2. The van der Waals surface area contributed by atoms with Gasteiger partial charge in [-0.1, -0.05) is 29.8 Å². The quantitative estimate of drug-likeness (QED) is 0.723. The van der Waals surface area contributed by atoms with Gasteiger partial charge in [0.15, 0.2) is 5.79 Å². The van der Waals surface area contributed by atoms with E-state index in [0.29, 0.717) is 30.2 Å². The van der Waals surface area contributed by atoms with Gasteiger partial charge >= 0.3 is 0 Å². The smallest absolute Gasteiger partial charge is 0.163 e. The van der Waals surface area contributed by atoms with Crippen LogP contribution in [0, 0.1) is 5.82 Å². The summed E-state index contributed by atoms with van der Waals surface area (Å²) in [6.07, 6.45) is 1.12. The van der Waals surface area contributed by atoms with E-state index in [4.69, 9.17) is 31.5 Å². The summed E-state index contributed by atoms with van der Waals surface area (Å²) in [4.78, 5) is 0. The number of halogens is 2. The van der Waals surface area contributed by atoms with Crippen LogP contribution >= 0.6 is 11.6 Å². The van der Waals surface area contributed by atoms with Crippen LogP contribution in [0.15, 0.2) is 42.5 Å². The predicted octanol–water partition coefficient (Wildman–Crippen LogP) is 4.68. The summed E-state index contributed by atoms with van der Waals surface area (Å²) in [5, 5.41) is 0.690. The largest absolute Gasteiger partial charge is 0.496 e. The van der Waals surface area contributed by atoms with Gasteiger partial charge in [-0.15, -0.1) is 0 Å². The van der Waals surface area contributed by atoms with Crippen molar-refractivity contribution in [1.29, 1.82) is 0 Å². The van der Waals surface area contributed by atoms with Crippen molar-refractivity contribution < 1.29 is 18.6 Å². The molecular formula is C22H27ClFNO3. The van der Waals surface area contributed by atoms with E-state index in [1.807, 2.05) is 38.1 Å². The van der Waals surface area contributed by atoms with E-state index in [9.17, 15) is 4.39 Å². The van der Waals surface area contributed by atoms with Crippen molar-refractivity contribution in [3.8, 4) is 5.75 Å². The Morgan fingerprint density at radius 3 is 2.71 bits per heavy atom. The molecule has 1 fully saturated rings. The lowest BCUT2D eigenvalue weighted by atomic mass is 9.85. The Morgan fingerprint density at radius 1 is 1.29 bits per heavy atom. The minimum absolute atomic E-state index is 0.0912. The SMILES string of the molecule is COc1cc(F)ccc1[C@@H](CC(N)Cc1cccc(Cl)c1)[C@@H]1COC(C)(C)O1. The molecule has 1 heterocycles. The van der Waals surface area contributed by atoms with E-state index >= 15 is 0 Å². The van der Waals surface area contributed by atoms with Crippen LogP contribution in [-0.4, -0.2) is 31.6 Å². The topological polar surface area (TPSA) is 53.7 Å². The van der Waals surface area contributed by atoms with Crippen LogP contribution in [0.2, 0.25) is 5.02 Å². The summed E-state index contributed by atoms with van der Waals surface area (Å²) in [5.41, 5.74) is 8.45. The number of hydrogen-bond acceptors (Lipinski definition) is 4. The third kappa shape index (κ3) is 5.23. The Morgan fingerprint density at radius 2 is 2.07 bits per heavy atom. The van der Waals surface area contributed by atoms with Crippen LogP contribution in [0.25, 0.3) is 0 Å². The molecule has 0 aromatic heterocycles. The van der Waals surface area contributed by atoms with E-state index in [0.717, 1.165) is 11.1 Å². The van der Waals surface area contributed by atoms with Crippen molar-refractivity contribution in [2.24, 2.45) is 5.73 Å². The first kappa shape index (κ1) is 21.1. The fraction of sp³-hybridized carbons (Fsp3) is 0.455. The van der Waals surface area contributed by atoms with Gasteiger partial charge in [0.2, 0.25) is 0 Å². The zero-order chi connectivity index (χ0) is 20.3. The van der Waals surface area contributed by atoms with Gasteiger partial charge in [-0.25, -0.2) is 4.39 Å². The van der Waals surface area contributed by atoms with Gasteiger partial charge in [-0.3, -0.25) is 0 Å². The van der Waals surface area contributed by atoms with Crippen LogP contribution < -0.4 is 10.5 Å². The van der Waals surface area contributed by atoms with E-state index in [1.54, 1.807) is 6.07 Å². The van der Waals surface area contributed by atoms with E-state index in [2.05, 4.69) is 0 Å². The summed E-state index contributed by atoms with van der Waals surface area (Å²) in [6.45, 7) is 4.22. The molecule has 1 aliphatic rings. The van der Waals surface area contributed by atoms with Crippen LogP contribution in [0.4, 0.5) is 4.39 Å². The van der Waals surface area contributed by atoms with Crippen molar-refractivity contribution in [2.45, 2.75) is 50.5 Å². The Hall–Kier alpha value is -1.66. The highest BCUT2D eigenvalue weighted by molar-refractivity contribution is 6.30. The molecular weight excluding hydrogens is 381 g/mol. The molecule has 3 atom stereocenters. The first-order chi connectivity index (χ1) is 13.3. The van der Waals surface area contributed by atoms with Gasteiger partial charge in [0, 0.05) is 28.6 Å². The molecule has 0 radical (unpaired) electrons. The first-order valence-electron chi connectivity index (χ1n) is 9.42. The summed E-state index contributed by atoms with van der Waals surface area (Å²) >= 11 is 6.09. The third-order valence-electron chi connectivity index (χ3n) is 5.02. The predicted molar refractivity (Wildman–Crippen MR) is 108 cm³/mol. The summed E-state index contributed by atoms with van der Waals surface area (Å²) in [7, 11) is 1.54. The first-order valence-corrected chi connectivity index (χ1v) is 9.80. The zero-order valence-corrected chi connectivity index (χ0v) is 17.2. The number of rotatable bonds is 7. The number of nitrogens with two attached hydrogens (primary N) is 1. The molecule has 28 heavy (non-hydrogen) atoms. The van der Waals surface area contributed by atoms with Crippen molar-refractivity contribution in [1.82, 2.24) is 0 Å². The van der Waals surface area contributed by atoms with Gasteiger partial charge in [0.1, 0.15) is 11.6 Å².